The number of hydrogen-bond acceptors (Lipinski definition) is 3. The van der Waals surface area contributed by atoms with Crippen LogP contribution in [0, 0.1) is 6.92 Å². The Morgan fingerprint density at radius 2 is 1.85 bits per heavy atom. The molecule has 0 saturated heterocycles. The van der Waals surface area contributed by atoms with Crippen LogP contribution in [0.3, 0.4) is 0 Å². The number of carbonyl (C=O) groups excluding carboxylic acids is 1. The van der Waals surface area contributed by atoms with E-state index in [4.69, 9.17) is 9.72 Å². The first-order valence-electron chi connectivity index (χ1n) is 11.8. The molecule has 4 aromatic rings. The van der Waals surface area contributed by atoms with Crippen molar-refractivity contribution in [1.29, 1.82) is 0 Å². The number of nitrogens with one attached hydrogen (secondary N) is 1. The Bertz CT molecular complexity index is 1250. The number of rotatable bonds is 11. The van der Waals surface area contributed by atoms with E-state index in [1.165, 1.54) is 5.56 Å². The zero-order valence-electron chi connectivity index (χ0n) is 19.5. The Morgan fingerprint density at radius 3 is 2.71 bits per heavy atom. The third kappa shape index (κ3) is 6.48. The summed E-state index contributed by atoms with van der Waals surface area (Å²) in [5.41, 5.74) is 4.04. The number of imidazole rings is 1. The molecule has 0 spiro atoms. The van der Waals surface area contributed by atoms with Crippen molar-refractivity contribution in [2.75, 3.05) is 13.2 Å². The number of hydrogen-bond donors (Lipinski definition) is 1. The molecule has 0 aliphatic carbocycles. The number of amides is 1. The first-order valence-corrected chi connectivity index (χ1v) is 12.6. The molecule has 1 amide bonds. The molecule has 176 valence electrons. The van der Waals surface area contributed by atoms with Gasteiger partial charge >= 0.3 is 0 Å². The van der Waals surface area contributed by atoms with Crippen LogP contribution >= 0.6 is 15.9 Å². The summed E-state index contributed by atoms with van der Waals surface area (Å²) in [5.74, 6) is 1.96. The second-order valence-electron chi connectivity index (χ2n) is 8.41. The maximum atomic E-state index is 12.3. The number of unbranched alkanes of at least 4 members (excludes halogenated alkanes) is 2. The summed E-state index contributed by atoms with van der Waals surface area (Å²) >= 11 is 3.41. The lowest BCUT2D eigenvalue weighted by Crippen LogP contribution is -2.24. The van der Waals surface area contributed by atoms with Gasteiger partial charge in [0.1, 0.15) is 18.2 Å². The molecule has 0 unspecified atom stereocenters. The smallest absolute Gasteiger partial charge is 0.251 e. The lowest BCUT2D eigenvalue weighted by atomic mass is 10.1. The summed E-state index contributed by atoms with van der Waals surface area (Å²) in [6, 6.07) is 23.9. The van der Waals surface area contributed by atoms with E-state index in [2.05, 4.69) is 63.1 Å². The lowest BCUT2D eigenvalue weighted by Gasteiger charge is -2.11. The molecule has 3 aromatic carbocycles. The fourth-order valence-corrected chi connectivity index (χ4v) is 4.44. The third-order valence-electron chi connectivity index (χ3n) is 5.76. The molecule has 0 atom stereocenters. The predicted octanol–water partition coefficient (Wildman–Crippen LogP) is 6.33. The number of halogens is 1. The molecular weight excluding hydrogens is 490 g/mol. The molecule has 0 aliphatic rings. The SMILES string of the molecule is Cc1cccc(OCCn2c(CCCCCNC(=O)c3cccc(Br)c3)nc3ccccc32)c1. The van der Waals surface area contributed by atoms with Crippen molar-refractivity contribution in [2.24, 2.45) is 0 Å². The minimum atomic E-state index is -0.0308. The Kier molecular flexibility index (Phi) is 8.36. The third-order valence-corrected chi connectivity index (χ3v) is 6.25. The van der Waals surface area contributed by atoms with Crippen molar-refractivity contribution in [3.63, 3.8) is 0 Å². The van der Waals surface area contributed by atoms with E-state index in [0.29, 0.717) is 18.7 Å². The number of carbonyl (C=O) groups is 1. The Morgan fingerprint density at radius 1 is 1.00 bits per heavy atom. The van der Waals surface area contributed by atoms with Gasteiger partial charge in [-0.25, -0.2) is 4.98 Å². The van der Waals surface area contributed by atoms with E-state index >= 15 is 0 Å². The van der Waals surface area contributed by atoms with Crippen LogP contribution in [-0.4, -0.2) is 28.6 Å². The lowest BCUT2D eigenvalue weighted by molar-refractivity contribution is 0.0953. The van der Waals surface area contributed by atoms with E-state index in [-0.39, 0.29) is 5.91 Å². The minimum Gasteiger partial charge on any atom is -0.492 e. The molecule has 6 heteroatoms. The van der Waals surface area contributed by atoms with Crippen molar-refractivity contribution >= 4 is 32.9 Å². The van der Waals surface area contributed by atoms with E-state index in [1.54, 1.807) is 0 Å². The Balaban J connectivity index is 1.27. The Hall–Kier alpha value is -3.12. The molecule has 34 heavy (non-hydrogen) atoms. The van der Waals surface area contributed by atoms with Gasteiger partial charge < -0.3 is 14.6 Å². The largest absolute Gasteiger partial charge is 0.492 e. The highest BCUT2D eigenvalue weighted by atomic mass is 79.9. The highest BCUT2D eigenvalue weighted by molar-refractivity contribution is 9.10. The topological polar surface area (TPSA) is 56.1 Å². The molecule has 0 bridgehead atoms. The van der Waals surface area contributed by atoms with Gasteiger partial charge in [-0.05, 0) is 67.8 Å². The maximum Gasteiger partial charge on any atom is 0.251 e. The van der Waals surface area contributed by atoms with Crippen molar-refractivity contribution in [3.8, 4) is 5.75 Å². The van der Waals surface area contributed by atoms with Gasteiger partial charge in [-0.3, -0.25) is 4.79 Å². The number of ether oxygens (including phenoxy) is 1. The van der Waals surface area contributed by atoms with Crippen molar-refractivity contribution in [1.82, 2.24) is 14.9 Å². The van der Waals surface area contributed by atoms with Crippen LogP contribution in [0.25, 0.3) is 11.0 Å². The van der Waals surface area contributed by atoms with Crippen molar-refractivity contribution in [2.45, 2.75) is 39.2 Å². The van der Waals surface area contributed by atoms with Crippen molar-refractivity contribution in [3.05, 3.63) is 94.2 Å². The number of benzene rings is 3. The van der Waals surface area contributed by atoms with Crippen molar-refractivity contribution < 1.29 is 9.53 Å². The van der Waals surface area contributed by atoms with Crippen LogP contribution in [0.1, 0.15) is 41.0 Å². The summed E-state index contributed by atoms with van der Waals surface area (Å²) in [4.78, 5) is 17.1. The molecule has 0 fully saturated rings. The number of aryl methyl sites for hydroxylation is 2. The van der Waals surface area contributed by atoms with Gasteiger partial charge in [0.05, 0.1) is 17.6 Å². The molecule has 0 saturated carbocycles. The summed E-state index contributed by atoms with van der Waals surface area (Å²) in [6.45, 7) is 4.09. The van der Waals surface area contributed by atoms with Gasteiger partial charge in [0.2, 0.25) is 0 Å². The van der Waals surface area contributed by atoms with E-state index in [0.717, 1.165) is 59.3 Å². The highest BCUT2D eigenvalue weighted by Gasteiger charge is 2.11. The van der Waals surface area contributed by atoms with Gasteiger partial charge in [-0.2, -0.15) is 0 Å². The highest BCUT2D eigenvalue weighted by Crippen LogP contribution is 2.19. The molecule has 5 nitrogen and oxygen atoms in total. The van der Waals surface area contributed by atoms with Crippen LogP contribution in [0.4, 0.5) is 0 Å². The monoisotopic (exact) mass is 519 g/mol. The Labute approximate surface area is 209 Å². The zero-order valence-corrected chi connectivity index (χ0v) is 21.1. The number of aromatic nitrogens is 2. The zero-order chi connectivity index (χ0) is 23.8. The average Bonchev–Trinajstić information content (AvgIpc) is 3.18. The van der Waals surface area contributed by atoms with E-state index in [9.17, 15) is 4.79 Å². The molecule has 1 aromatic heterocycles. The first-order chi connectivity index (χ1) is 16.6. The van der Waals surface area contributed by atoms with Gasteiger partial charge in [0, 0.05) is 23.0 Å². The number of fused-ring (bicyclic) bond motifs is 1. The van der Waals surface area contributed by atoms with E-state index < -0.39 is 0 Å². The second kappa shape index (κ2) is 11.8. The normalized spacial score (nSPS) is 11.0. The van der Waals surface area contributed by atoms with Gasteiger partial charge in [0.15, 0.2) is 0 Å². The minimum absolute atomic E-state index is 0.0308. The van der Waals surface area contributed by atoms with Crippen LogP contribution in [0.5, 0.6) is 5.75 Å². The molecule has 1 N–H and O–H groups in total. The summed E-state index contributed by atoms with van der Waals surface area (Å²) < 4.78 is 9.18. The molecule has 4 rings (SSSR count). The van der Waals surface area contributed by atoms with E-state index in [1.807, 2.05) is 42.5 Å². The molecule has 0 radical (unpaired) electrons. The molecular formula is C28H30BrN3O2. The summed E-state index contributed by atoms with van der Waals surface area (Å²) in [6.07, 6.45) is 3.89. The van der Waals surface area contributed by atoms with Crippen LogP contribution < -0.4 is 10.1 Å². The quantitative estimate of drug-likeness (QED) is 0.235. The van der Waals surface area contributed by atoms with Gasteiger partial charge in [-0.15, -0.1) is 0 Å². The maximum absolute atomic E-state index is 12.3. The van der Waals surface area contributed by atoms with Gasteiger partial charge in [0.25, 0.3) is 5.91 Å². The van der Waals surface area contributed by atoms with Crippen LogP contribution in [0.2, 0.25) is 0 Å². The number of para-hydroxylation sites is 2. The predicted molar refractivity (Wildman–Crippen MR) is 140 cm³/mol. The first kappa shape index (κ1) is 24.0. The fourth-order valence-electron chi connectivity index (χ4n) is 4.04. The fraction of sp³-hybridized carbons (Fsp3) is 0.286. The summed E-state index contributed by atoms with van der Waals surface area (Å²) in [5, 5.41) is 3.01. The van der Waals surface area contributed by atoms with Crippen LogP contribution in [0.15, 0.2) is 77.3 Å². The van der Waals surface area contributed by atoms with Gasteiger partial charge in [-0.1, -0.05) is 52.7 Å². The van der Waals surface area contributed by atoms with Crippen LogP contribution in [-0.2, 0) is 13.0 Å². The molecule has 0 aliphatic heterocycles. The average molecular weight is 520 g/mol. The second-order valence-corrected chi connectivity index (χ2v) is 9.33. The standard InChI is InChI=1S/C28H30BrN3O2/c1-21-9-7-12-24(19-21)34-18-17-32-26-14-5-4-13-25(26)31-27(32)15-3-2-6-16-30-28(33)22-10-8-11-23(29)20-22/h4-5,7-14,19-20H,2-3,6,15-18H2,1H3,(H,30,33). The summed E-state index contributed by atoms with van der Waals surface area (Å²) in [7, 11) is 0. The molecule has 1 heterocycles. The number of nitrogens with zero attached hydrogens (tertiary/aromatic N) is 2.